The molecule has 5 heteroatoms. The summed E-state index contributed by atoms with van der Waals surface area (Å²) >= 11 is 11.9. The highest BCUT2D eigenvalue weighted by Crippen LogP contribution is 2.33. The summed E-state index contributed by atoms with van der Waals surface area (Å²) in [6.07, 6.45) is 1.11. The van der Waals surface area contributed by atoms with Crippen molar-refractivity contribution in [3.63, 3.8) is 0 Å². The van der Waals surface area contributed by atoms with Crippen LogP contribution in [0.2, 0.25) is 10.0 Å². The number of nitrogens with zero attached hydrogens (tertiary/aromatic N) is 1. The van der Waals surface area contributed by atoms with Gasteiger partial charge in [-0.2, -0.15) is 0 Å². The minimum absolute atomic E-state index is 0.0745. The van der Waals surface area contributed by atoms with Gasteiger partial charge in [0.15, 0.2) is 0 Å². The van der Waals surface area contributed by atoms with E-state index in [1.165, 1.54) is 12.1 Å². The molecule has 0 amide bonds. The lowest BCUT2D eigenvalue weighted by Crippen LogP contribution is -2.31. The van der Waals surface area contributed by atoms with Gasteiger partial charge in [-0.3, -0.25) is 4.90 Å². The van der Waals surface area contributed by atoms with Crippen LogP contribution in [0.5, 0.6) is 0 Å². The quantitative estimate of drug-likeness (QED) is 0.858. The first-order valence-electron chi connectivity index (χ1n) is 6.08. The molecule has 100 valence electrons. The van der Waals surface area contributed by atoms with Gasteiger partial charge in [-0.25, -0.2) is 4.39 Å². The van der Waals surface area contributed by atoms with Gasteiger partial charge in [0.05, 0.1) is 5.02 Å². The fraction of sp³-hybridized carbons (Fsp3) is 0.538. The first-order valence-corrected chi connectivity index (χ1v) is 6.84. The predicted octanol–water partition coefficient (Wildman–Crippen LogP) is 3.49. The molecule has 1 saturated heterocycles. The molecule has 1 N–H and O–H groups in total. The summed E-state index contributed by atoms with van der Waals surface area (Å²) in [7, 11) is 1.97. The first-order chi connectivity index (χ1) is 8.52. The van der Waals surface area contributed by atoms with E-state index in [1.807, 2.05) is 14.0 Å². The smallest absolute Gasteiger partial charge is 0.142 e. The van der Waals surface area contributed by atoms with Crippen molar-refractivity contribution in [1.29, 1.82) is 0 Å². The Bertz CT molecular complexity index is 439. The summed E-state index contributed by atoms with van der Waals surface area (Å²) < 4.78 is 13.5. The van der Waals surface area contributed by atoms with E-state index < -0.39 is 5.82 Å². The Hall–Kier alpha value is -0.350. The molecule has 18 heavy (non-hydrogen) atoms. The zero-order valence-corrected chi connectivity index (χ0v) is 12.0. The molecule has 0 radical (unpaired) electrons. The molecule has 1 aliphatic heterocycles. The zero-order valence-electron chi connectivity index (χ0n) is 10.5. The van der Waals surface area contributed by atoms with E-state index in [0.29, 0.717) is 11.1 Å². The van der Waals surface area contributed by atoms with Crippen LogP contribution in [-0.2, 0) is 0 Å². The van der Waals surface area contributed by atoms with Crippen molar-refractivity contribution in [2.45, 2.75) is 25.4 Å². The molecule has 0 aromatic heterocycles. The number of hydrogen-bond donors (Lipinski definition) is 1. The van der Waals surface area contributed by atoms with Crippen LogP contribution in [0.15, 0.2) is 12.1 Å². The largest absolute Gasteiger partial charge is 0.316 e. The summed E-state index contributed by atoms with van der Waals surface area (Å²) in [5, 5.41) is 3.87. The van der Waals surface area contributed by atoms with Crippen LogP contribution in [0.1, 0.15) is 24.9 Å². The van der Waals surface area contributed by atoms with E-state index in [1.54, 1.807) is 0 Å². The van der Waals surface area contributed by atoms with Crippen LogP contribution >= 0.6 is 23.2 Å². The number of benzene rings is 1. The molecule has 1 aliphatic rings. The van der Waals surface area contributed by atoms with Crippen LogP contribution in [0.25, 0.3) is 0 Å². The zero-order chi connectivity index (χ0) is 13.3. The predicted molar refractivity (Wildman–Crippen MR) is 73.9 cm³/mol. The van der Waals surface area contributed by atoms with Gasteiger partial charge < -0.3 is 5.32 Å². The molecule has 2 unspecified atom stereocenters. The van der Waals surface area contributed by atoms with Crippen molar-refractivity contribution < 1.29 is 4.39 Å². The summed E-state index contributed by atoms with van der Waals surface area (Å²) in [5.74, 6) is -0.410. The Morgan fingerprint density at radius 1 is 1.39 bits per heavy atom. The fourth-order valence-electron chi connectivity index (χ4n) is 2.43. The van der Waals surface area contributed by atoms with Gasteiger partial charge in [-0.1, -0.05) is 23.2 Å². The van der Waals surface area contributed by atoms with E-state index in [9.17, 15) is 4.39 Å². The highest BCUT2D eigenvalue weighted by Gasteiger charge is 2.27. The molecule has 2 nitrogen and oxygen atoms in total. The van der Waals surface area contributed by atoms with E-state index in [2.05, 4.69) is 10.2 Å². The fourth-order valence-corrected chi connectivity index (χ4v) is 2.97. The summed E-state index contributed by atoms with van der Waals surface area (Å²) in [6, 6.07) is 3.53. The second-order valence-electron chi connectivity index (χ2n) is 4.73. The molecular weight excluding hydrogens is 274 g/mol. The van der Waals surface area contributed by atoms with Gasteiger partial charge in [0.1, 0.15) is 5.82 Å². The number of nitrogens with one attached hydrogen (secondary N) is 1. The number of halogens is 3. The van der Waals surface area contributed by atoms with Crippen molar-refractivity contribution in [1.82, 2.24) is 10.2 Å². The Morgan fingerprint density at radius 2 is 2.11 bits per heavy atom. The molecule has 0 bridgehead atoms. The third kappa shape index (κ3) is 2.80. The SMILES string of the molecule is CNC1CCN(C(C)c2cc(F)c(Cl)cc2Cl)C1. The molecule has 2 rings (SSSR count). The topological polar surface area (TPSA) is 15.3 Å². The van der Waals surface area contributed by atoms with Gasteiger partial charge in [-0.05, 0) is 38.1 Å². The Labute approximate surface area is 117 Å². The number of likely N-dealkylation sites (tertiary alicyclic amines) is 1. The summed E-state index contributed by atoms with van der Waals surface area (Å²) in [4.78, 5) is 2.30. The number of hydrogen-bond acceptors (Lipinski definition) is 2. The average molecular weight is 291 g/mol. The minimum atomic E-state index is -0.410. The minimum Gasteiger partial charge on any atom is -0.316 e. The molecule has 1 heterocycles. The standard InChI is InChI=1S/C13H17Cl2FN2/c1-8(18-4-3-9(7-18)17-2)10-5-13(16)12(15)6-11(10)14/h5-6,8-9,17H,3-4,7H2,1-2H3. The second-order valence-corrected chi connectivity index (χ2v) is 5.55. The van der Waals surface area contributed by atoms with Crippen molar-refractivity contribution in [2.24, 2.45) is 0 Å². The Kier molecular flexibility index (Phi) is 4.49. The summed E-state index contributed by atoms with van der Waals surface area (Å²) in [6.45, 7) is 4.00. The van der Waals surface area contributed by atoms with Crippen molar-refractivity contribution in [2.75, 3.05) is 20.1 Å². The maximum Gasteiger partial charge on any atom is 0.142 e. The molecule has 0 saturated carbocycles. The highest BCUT2D eigenvalue weighted by atomic mass is 35.5. The Morgan fingerprint density at radius 3 is 2.72 bits per heavy atom. The lowest BCUT2D eigenvalue weighted by molar-refractivity contribution is 0.256. The van der Waals surface area contributed by atoms with E-state index in [-0.39, 0.29) is 11.1 Å². The van der Waals surface area contributed by atoms with Gasteiger partial charge in [0.2, 0.25) is 0 Å². The number of rotatable bonds is 3. The van der Waals surface area contributed by atoms with Crippen LogP contribution in [0.3, 0.4) is 0 Å². The molecule has 1 aromatic carbocycles. The summed E-state index contributed by atoms with van der Waals surface area (Å²) in [5.41, 5.74) is 0.801. The van der Waals surface area contributed by atoms with Gasteiger partial charge in [0, 0.05) is 30.2 Å². The van der Waals surface area contributed by atoms with Gasteiger partial charge in [0.25, 0.3) is 0 Å². The maximum absolute atomic E-state index is 13.5. The molecule has 2 atom stereocenters. The van der Waals surface area contributed by atoms with Crippen LogP contribution in [0, 0.1) is 5.82 Å². The third-order valence-corrected chi connectivity index (χ3v) is 4.28. The van der Waals surface area contributed by atoms with Gasteiger partial charge >= 0.3 is 0 Å². The Balaban J connectivity index is 2.19. The monoisotopic (exact) mass is 290 g/mol. The van der Waals surface area contributed by atoms with Crippen LogP contribution in [0.4, 0.5) is 4.39 Å². The van der Waals surface area contributed by atoms with Crippen molar-refractivity contribution in [3.8, 4) is 0 Å². The number of likely N-dealkylation sites (N-methyl/N-ethyl adjacent to an activating group) is 1. The highest BCUT2D eigenvalue weighted by molar-refractivity contribution is 6.35. The first kappa shape index (κ1) is 14.1. The van der Waals surface area contributed by atoms with E-state index in [4.69, 9.17) is 23.2 Å². The molecule has 1 fully saturated rings. The van der Waals surface area contributed by atoms with Gasteiger partial charge in [-0.15, -0.1) is 0 Å². The molecule has 0 spiro atoms. The molecule has 0 aliphatic carbocycles. The average Bonchev–Trinajstić information content (AvgIpc) is 2.81. The van der Waals surface area contributed by atoms with E-state index >= 15 is 0 Å². The molecular formula is C13H17Cl2FN2. The molecule has 1 aromatic rings. The second kappa shape index (κ2) is 5.74. The normalized spacial score (nSPS) is 22.4. The lowest BCUT2D eigenvalue weighted by Gasteiger charge is -2.25. The van der Waals surface area contributed by atoms with Crippen molar-refractivity contribution in [3.05, 3.63) is 33.6 Å². The third-order valence-electron chi connectivity index (χ3n) is 3.67. The van der Waals surface area contributed by atoms with E-state index in [0.717, 1.165) is 25.1 Å². The van der Waals surface area contributed by atoms with Crippen LogP contribution < -0.4 is 5.32 Å². The van der Waals surface area contributed by atoms with Crippen LogP contribution in [-0.4, -0.2) is 31.1 Å². The van der Waals surface area contributed by atoms with Crippen molar-refractivity contribution >= 4 is 23.2 Å². The maximum atomic E-state index is 13.5. The lowest BCUT2D eigenvalue weighted by atomic mass is 10.1.